The number of Topliss-reactive ketones (excluding diaryl/α,β-unsaturated/α-hetero) is 1. The number of thiophene rings is 1. The average molecular weight is 474 g/mol. The van der Waals surface area contributed by atoms with Gasteiger partial charge in [-0.05, 0) is 55.9 Å². The number of allylic oxidation sites excluding steroid dienone is 2. The highest BCUT2D eigenvalue weighted by Gasteiger charge is 2.22. The molecule has 0 aromatic carbocycles. The van der Waals surface area contributed by atoms with Crippen LogP contribution < -0.4 is 10.9 Å². The third-order valence-electron chi connectivity index (χ3n) is 4.94. The third-order valence-corrected chi connectivity index (χ3v) is 6.00. The summed E-state index contributed by atoms with van der Waals surface area (Å²) in [5.41, 5.74) is -0.871. The molecule has 0 fully saturated rings. The Morgan fingerprint density at radius 1 is 1.27 bits per heavy atom. The van der Waals surface area contributed by atoms with E-state index in [4.69, 9.17) is 4.42 Å². The number of carbonyl (C=O) groups is 2. The number of hydrogen-bond donors (Lipinski definition) is 2. The van der Waals surface area contributed by atoms with Gasteiger partial charge in [-0.1, -0.05) is 26.8 Å². The number of aromatic hydroxyl groups is 1. The molecule has 2 aromatic heterocycles. The van der Waals surface area contributed by atoms with Crippen molar-refractivity contribution in [3.8, 4) is 5.75 Å². The monoisotopic (exact) mass is 473 g/mol. The van der Waals surface area contributed by atoms with Crippen molar-refractivity contribution in [2.24, 2.45) is 5.92 Å². The standard InChI is InChI=1S/C25H31NO6S/c1-15(2)12-18-9-10-19(33-18)13-17(4)23(28)22-20(27)14-21(32-24(22)29)16(3)8-6-7-11-26-25(30)31-5/h7,9-11,13-16,27H,6,8,12H2,1-5H3,(H,26,30)/b11-7+,17-13+. The van der Waals surface area contributed by atoms with Gasteiger partial charge in [-0.25, -0.2) is 9.59 Å². The minimum atomic E-state index is -0.857. The van der Waals surface area contributed by atoms with Gasteiger partial charge in [-0.3, -0.25) is 10.1 Å². The van der Waals surface area contributed by atoms with Gasteiger partial charge >= 0.3 is 11.7 Å². The van der Waals surface area contributed by atoms with Crippen molar-refractivity contribution in [3.05, 3.63) is 67.5 Å². The van der Waals surface area contributed by atoms with Gasteiger partial charge in [0.2, 0.25) is 0 Å². The lowest BCUT2D eigenvalue weighted by molar-refractivity contribution is 0.102. The molecule has 0 radical (unpaired) electrons. The van der Waals surface area contributed by atoms with E-state index in [1.807, 2.05) is 19.1 Å². The molecule has 0 spiro atoms. The predicted octanol–water partition coefficient (Wildman–Crippen LogP) is 5.65. The molecule has 33 heavy (non-hydrogen) atoms. The molecule has 2 heterocycles. The maximum Gasteiger partial charge on any atom is 0.410 e. The fraction of sp³-hybridized carbons (Fsp3) is 0.400. The number of amides is 1. The van der Waals surface area contributed by atoms with Crippen molar-refractivity contribution in [2.45, 2.75) is 52.9 Å². The Morgan fingerprint density at radius 3 is 2.64 bits per heavy atom. The first-order valence-corrected chi connectivity index (χ1v) is 11.6. The van der Waals surface area contributed by atoms with E-state index in [9.17, 15) is 19.5 Å². The zero-order chi connectivity index (χ0) is 24.5. The first kappa shape index (κ1) is 26.1. The molecular formula is C25H31NO6S. The molecule has 0 aliphatic rings. The number of nitrogens with one attached hydrogen (secondary N) is 1. The molecule has 0 bridgehead atoms. The van der Waals surface area contributed by atoms with Crippen molar-refractivity contribution in [1.29, 1.82) is 0 Å². The zero-order valence-electron chi connectivity index (χ0n) is 19.6. The minimum absolute atomic E-state index is 0.183. The Balaban J connectivity index is 2.10. The zero-order valence-corrected chi connectivity index (χ0v) is 20.5. The van der Waals surface area contributed by atoms with Crippen LogP contribution in [0, 0.1) is 5.92 Å². The van der Waals surface area contributed by atoms with E-state index in [0.717, 1.165) is 11.3 Å². The van der Waals surface area contributed by atoms with E-state index in [1.165, 1.54) is 24.3 Å². The Hall–Kier alpha value is -3.13. The Labute approximate surface area is 197 Å². The van der Waals surface area contributed by atoms with Crippen molar-refractivity contribution >= 4 is 29.3 Å². The number of hydrogen-bond acceptors (Lipinski definition) is 7. The summed E-state index contributed by atoms with van der Waals surface area (Å²) in [5, 5.41) is 12.9. The summed E-state index contributed by atoms with van der Waals surface area (Å²) in [7, 11) is 1.28. The van der Waals surface area contributed by atoms with Crippen LogP contribution in [0.5, 0.6) is 5.75 Å². The molecule has 0 aliphatic carbocycles. The molecule has 8 heteroatoms. The van der Waals surface area contributed by atoms with Crippen LogP contribution in [0.4, 0.5) is 4.79 Å². The first-order chi connectivity index (χ1) is 15.6. The molecule has 2 aromatic rings. The minimum Gasteiger partial charge on any atom is -0.507 e. The largest absolute Gasteiger partial charge is 0.507 e. The number of ketones is 1. The molecule has 2 N–H and O–H groups in total. The van der Waals surface area contributed by atoms with Gasteiger partial charge in [0, 0.05) is 27.9 Å². The van der Waals surface area contributed by atoms with Crippen molar-refractivity contribution in [2.75, 3.05) is 7.11 Å². The number of alkyl carbamates (subject to hydrolysis) is 1. The van der Waals surface area contributed by atoms with Crippen LogP contribution in [-0.2, 0) is 11.2 Å². The van der Waals surface area contributed by atoms with Gasteiger partial charge in [0.05, 0.1) is 7.11 Å². The molecule has 0 saturated heterocycles. The fourth-order valence-electron chi connectivity index (χ4n) is 3.17. The summed E-state index contributed by atoms with van der Waals surface area (Å²) >= 11 is 1.60. The van der Waals surface area contributed by atoms with Gasteiger partial charge in [0.1, 0.15) is 17.1 Å². The maximum atomic E-state index is 12.8. The summed E-state index contributed by atoms with van der Waals surface area (Å²) in [4.78, 5) is 38.5. The summed E-state index contributed by atoms with van der Waals surface area (Å²) in [6.07, 6.45) is 6.54. The molecule has 0 aliphatic heterocycles. The summed E-state index contributed by atoms with van der Waals surface area (Å²) in [5.74, 6) is -0.297. The van der Waals surface area contributed by atoms with E-state index in [2.05, 4.69) is 23.9 Å². The molecule has 178 valence electrons. The average Bonchev–Trinajstić information content (AvgIpc) is 3.18. The van der Waals surface area contributed by atoms with E-state index in [1.54, 1.807) is 30.4 Å². The number of methoxy groups -OCH3 is 1. The van der Waals surface area contributed by atoms with Crippen LogP contribution in [-0.4, -0.2) is 24.1 Å². The molecule has 0 saturated carbocycles. The second kappa shape index (κ2) is 12.2. The lowest BCUT2D eigenvalue weighted by atomic mass is 10.00. The van der Waals surface area contributed by atoms with Crippen molar-refractivity contribution in [1.82, 2.24) is 5.32 Å². The number of carbonyl (C=O) groups excluding carboxylic acids is 2. The fourth-order valence-corrected chi connectivity index (χ4v) is 4.40. The van der Waals surface area contributed by atoms with Gasteiger partial charge in [0.25, 0.3) is 0 Å². The van der Waals surface area contributed by atoms with Crippen LogP contribution in [0.1, 0.15) is 72.3 Å². The highest BCUT2D eigenvalue weighted by Crippen LogP contribution is 2.27. The quantitative estimate of drug-likeness (QED) is 0.341. The lowest BCUT2D eigenvalue weighted by Crippen LogP contribution is -2.16. The topological polar surface area (TPSA) is 106 Å². The molecular weight excluding hydrogens is 442 g/mol. The van der Waals surface area contributed by atoms with Gasteiger partial charge in [-0.15, -0.1) is 11.3 Å². The highest BCUT2D eigenvalue weighted by molar-refractivity contribution is 7.12. The predicted molar refractivity (Wildman–Crippen MR) is 130 cm³/mol. The van der Waals surface area contributed by atoms with Crippen LogP contribution in [0.15, 0.2) is 45.3 Å². The normalized spacial score (nSPS) is 12.8. The van der Waals surface area contributed by atoms with Gasteiger partial charge < -0.3 is 14.3 Å². The molecule has 7 nitrogen and oxygen atoms in total. The van der Waals surface area contributed by atoms with E-state index < -0.39 is 17.5 Å². The smallest absolute Gasteiger partial charge is 0.410 e. The van der Waals surface area contributed by atoms with E-state index in [0.29, 0.717) is 30.1 Å². The van der Waals surface area contributed by atoms with Gasteiger partial charge in [0.15, 0.2) is 5.78 Å². The highest BCUT2D eigenvalue weighted by atomic mass is 32.1. The Morgan fingerprint density at radius 2 is 2.00 bits per heavy atom. The molecule has 2 rings (SSSR count). The van der Waals surface area contributed by atoms with Gasteiger partial charge in [-0.2, -0.15) is 0 Å². The second-order valence-electron chi connectivity index (χ2n) is 8.27. The van der Waals surface area contributed by atoms with Crippen LogP contribution in [0.2, 0.25) is 0 Å². The first-order valence-electron chi connectivity index (χ1n) is 10.8. The SMILES string of the molecule is COC(=O)N/C=C/CCC(C)c1cc(O)c(C(=O)/C(C)=C/c2ccc(CC(C)C)s2)c(=O)o1. The lowest BCUT2D eigenvalue weighted by Gasteiger charge is -2.11. The maximum absolute atomic E-state index is 12.8. The molecule has 1 amide bonds. The van der Waals surface area contributed by atoms with E-state index in [-0.39, 0.29) is 17.2 Å². The summed E-state index contributed by atoms with van der Waals surface area (Å²) < 4.78 is 9.82. The third kappa shape index (κ3) is 7.75. The molecule has 1 unspecified atom stereocenters. The summed E-state index contributed by atoms with van der Waals surface area (Å²) in [6.45, 7) is 7.76. The Kier molecular flexibility index (Phi) is 9.66. The molecule has 1 atom stereocenters. The van der Waals surface area contributed by atoms with Crippen molar-refractivity contribution in [3.63, 3.8) is 0 Å². The van der Waals surface area contributed by atoms with Crippen LogP contribution in [0.3, 0.4) is 0 Å². The van der Waals surface area contributed by atoms with Crippen molar-refractivity contribution < 1.29 is 23.8 Å². The number of rotatable bonds is 10. The van der Waals surface area contributed by atoms with E-state index >= 15 is 0 Å². The van der Waals surface area contributed by atoms with Crippen LogP contribution in [0.25, 0.3) is 6.08 Å². The second-order valence-corrected chi connectivity index (χ2v) is 9.47. The number of ether oxygens (including phenoxy) is 1. The Bertz CT molecular complexity index is 1090. The summed E-state index contributed by atoms with van der Waals surface area (Å²) in [6, 6.07) is 5.31. The van der Waals surface area contributed by atoms with Crippen LogP contribution >= 0.6 is 11.3 Å².